The monoisotopic (exact) mass is 384 g/mol. The fourth-order valence-electron chi connectivity index (χ4n) is 2.96. The van der Waals surface area contributed by atoms with Gasteiger partial charge in [0, 0.05) is 45.7 Å². The van der Waals surface area contributed by atoms with Crippen LogP contribution in [0.15, 0.2) is 54.9 Å². The number of amides is 1. The van der Waals surface area contributed by atoms with E-state index in [1.54, 1.807) is 42.7 Å². The second-order valence-corrected chi connectivity index (χ2v) is 6.87. The molecule has 0 fully saturated rings. The summed E-state index contributed by atoms with van der Waals surface area (Å²) in [5.41, 5.74) is 4.46. The number of rotatable bonds is 3. The molecule has 0 spiro atoms. The first-order valence-electron chi connectivity index (χ1n) is 8.03. The van der Waals surface area contributed by atoms with Crippen LogP contribution >= 0.6 is 23.2 Å². The Balaban J connectivity index is 1.53. The highest BCUT2D eigenvalue weighted by atomic mass is 35.5. The van der Waals surface area contributed by atoms with Gasteiger partial charge in [-0.2, -0.15) is 0 Å². The number of fused-ring (bicyclic) bond motifs is 3. The summed E-state index contributed by atoms with van der Waals surface area (Å²) >= 11 is 12.0. The van der Waals surface area contributed by atoms with Gasteiger partial charge in [-0.15, -0.1) is 0 Å². The van der Waals surface area contributed by atoms with Gasteiger partial charge in [0.2, 0.25) is 0 Å². The summed E-state index contributed by atoms with van der Waals surface area (Å²) in [5.74, 6) is 0.509. The molecule has 0 saturated carbocycles. The zero-order chi connectivity index (χ0) is 18.1. The highest BCUT2D eigenvalue weighted by Crippen LogP contribution is 2.37. The average Bonchev–Trinajstić information content (AvgIpc) is 2.65. The molecular weight excluding hydrogens is 371 g/mol. The lowest BCUT2D eigenvalue weighted by atomic mass is 9.97. The first-order chi connectivity index (χ1) is 12.6. The van der Waals surface area contributed by atoms with E-state index in [1.165, 1.54) is 0 Å². The molecule has 130 valence electrons. The first kappa shape index (κ1) is 16.9. The molecule has 2 aromatic carbocycles. The van der Waals surface area contributed by atoms with E-state index < -0.39 is 0 Å². The maximum atomic E-state index is 12.5. The topological polar surface area (TPSA) is 51.2 Å². The average molecular weight is 385 g/mol. The lowest BCUT2D eigenvalue weighted by Gasteiger charge is -2.20. The second kappa shape index (κ2) is 6.98. The maximum Gasteiger partial charge on any atom is 0.251 e. The summed E-state index contributed by atoms with van der Waals surface area (Å²) in [7, 11) is 0. The molecule has 6 heteroatoms. The van der Waals surface area contributed by atoms with Gasteiger partial charge >= 0.3 is 0 Å². The van der Waals surface area contributed by atoms with E-state index in [1.807, 2.05) is 12.1 Å². The molecule has 4 nitrogen and oxygen atoms in total. The zero-order valence-corrected chi connectivity index (χ0v) is 15.1. The predicted molar refractivity (Wildman–Crippen MR) is 102 cm³/mol. The van der Waals surface area contributed by atoms with Crippen molar-refractivity contribution in [3.8, 4) is 16.9 Å². The minimum atomic E-state index is -0.187. The van der Waals surface area contributed by atoms with E-state index >= 15 is 0 Å². The van der Waals surface area contributed by atoms with Gasteiger partial charge in [-0.1, -0.05) is 23.2 Å². The number of benzene rings is 2. The molecule has 1 aromatic heterocycles. The number of halogens is 2. The molecule has 0 aliphatic carbocycles. The van der Waals surface area contributed by atoms with Crippen LogP contribution in [0.25, 0.3) is 11.1 Å². The van der Waals surface area contributed by atoms with E-state index in [4.69, 9.17) is 27.9 Å². The molecule has 0 saturated heterocycles. The van der Waals surface area contributed by atoms with Crippen molar-refractivity contribution in [3.63, 3.8) is 0 Å². The SMILES string of the molecule is O=C(NCc1cc(Cl)cc(Cl)c1)c1ccc2c(c1)OCc1cnccc1-2. The van der Waals surface area contributed by atoms with Gasteiger partial charge in [-0.3, -0.25) is 9.78 Å². The molecule has 1 amide bonds. The van der Waals surface area contributed by atoms with Crippen molar-refractivity contribution < 1.29 is 9.53 Å². The summed E-state index contributed by atoms with van der Waals surface area (Å²) in [6.45, 7) is 0.786. The Morgan fingerprint density at radius 3 is 2.69 bits per heavy atom. The number of aromatic nitrogens is 1. The van der Waals surface area contributed by atoms with Crippen molar-refractivity contribution in [2.45, 2.75) is 13.2 Å². The number of nitrogens with zero attached hydrogens (tertiary/aromatic N) is 1. The predicted octanol–water partition coefficient (Wildman–Crippen LogP) is 4.88. The largest absolute Gasteiger partial charge is 0.488 e. The van der Waals surface area contributed by atoms with E-state index in [-0.39, 0.29) is 5.91 Å². The van der Waals surface area contributed by atoms with Gasteiger partial charge in [0.05, 0.1) is 0 Å². The number of pyridine rings is 1. The van der Waals surface area contributed by atoms with E-state index in [0.29, 0.717) is 34.5 Å². The third-order valence-electron chi connectivity index (χ3n) is 4.20. The van der Waals surface area contributed by atoms with Crippen molar-refractivity contribution in [2.75, 3.05) is 0 Å². The van der Waals surface area contributed by atoms with Crippen LogP contribution in [0, 0.1) is 0 Å². The molecule has 4 rings (SSSR count). The lowest BCUT2D eigenvalue weighted by molar-refractivity contribution is 0.0950. The van der Waals surface area contributed by atoms with Crippen LogP contribution < -0.4 is 10.1 Å². The van der Waals surface area contributed by atoms with Crippen molar-refractivity contribution >= 4 is 29.1 Å². The molecule has 0 unspecified atom stereocenters. The van der Waals surface area contributed by atoms with Crippen LogP contribution in [0.4, 0.5) is 0 Å². The summed E-state index contributed by atoms with van der Waals surface area (Å²) in [6.07, 6.45) is 3.56. The number of ether oxygens (including phenoxy) is 1. The van der Waals surface area contributed by atoms with E-state index in [2.05, 4.69) is 10.3 Å². The van der Waals surface area contributed by atoms with Crippen LogP contribution in [-0.2, 0) is 13.2 Å². The first-order valence-corrected chi connectivity index (χ1v) is 8.79. The smallest absolute Gasteiger partial charge is 0.251 e. The van der Waals surface area contributed by atoms with Crippen LogP contribution in [0.2, 0.25) is 10.0 Å². The number of hydrogen-bond donors (Lipinski definition) is 1. The number of carbonyl (C=O) groups excluding carboxylic acids is 1. The number of carbonyl (C=O) groups is 1. The molecule has 1 aliphatic rings. The van der Waals surface area contributed by atoms with Crippen LogP contribution in [0.5, 0.6) is 5.75 Å². The minimum absolute atomic E-state index is 0.187. The summed E-state index contributed by atoms with van der Waals surface area (Å²) in [6, 6.07) is 12.6. The van der Waals surface area contributed by atoms with E-state index in [9.17, 15) is 4.79 Å². The molecule has 1 aliphatic heterocycles. The number of hydrogen-bond acceptors (Lipinski definition) is 3. The van der Waals surface area contributed by atoms with Crippen LogP contribution in [0.1, 0.15) is 21.5 Å². The zero-order valence-electron chi connectivity index (χ0n) is 13.6. The Morgan fingerprint density at radius 1 is 1.08 bits per heavy atom. The van der Waals surface area contributed by atoms with Crippen molar-refractivity contribution in [1.82, 2.24) is 10.3 Å². The molecule has 26 heavy (non-hydrogen) atoms. The lowest BCUT2D eigenvalue weighted by Crippen LogP contribution is -2.23. The van der Waals surface area contributed by atoms with Crippen molar-refractivity contribution in [3.05, 3.63) is 81.6 Å². The van der Waals surface area contributed by atoms with Crippen molar-refractivity contribution in [1.29, 1.82) is 0 Å². The normalized spacial score (nSPS) is 11.9. The number of nitrogens with one attached hydrogen (secondary N) is 1. The third kappa shape index (κ3) is 3.39. The summed E-state index contributed by atoms with van der Waals surface area (Å²) in [5, 5.41) is 3.95. The summed E-state index contributed by atoms with van der Waals surface area (Å²) < 4.78 is 5.78. The standard InChI is InChI=1S/C20H14Cl2N2O2/c21-15-5-12(6-16(22)8-15)9-24-20(25)13-1-2-18-17-3-4-23-10-14(17)11-26-19(18)7-13/h1-8,10H,9,11H2,(H,24,25). The van der Waals surface area contributed by atoms with Gasteiger partial charge in [0.25, 0.3) is 5.91 Å². The van der Waals surface area contributed by atoms with Crippen LogP contribution in [-0.4, -0.2) is 10.9 Å². The Labute approximate surface area is 160 Å². The highest BCUT2D eigenvalue weighted by molar-refractivity contribution is 6.34. The fraction of sp³-hybridized carbons (Fsp3) is 0.100. The molecule has 0 bridgehead atoms. The van der Waals surface area contributed by atoms with Crippen molar-refractivity contribution in [2.24, 2.45) is 0 Å². The van der Waals surface area contributed by atoms with Crippen LogP contribution in [0.3, 0.4) is 0 Å². The Hall–Kier alpha value is -2.56. The Kier molecular flexibility index (Phi) is 4.53. The minimum Gasteiger partial charge on any atom is -0.488 e. The Morgan fingerprint density at radius 2 is 1.88 bits per heavy atom. The van der Waals surface area contributed by atoms with Gasteiger partial charge < -0.3 is 10.1 Å². The molecule has 2 heterocycles. The molecule has 3 aromatic rings. The van der Waals surface area contributed by atoms with Gasteiger partial charge in [-0.25, -0.2) is 0 Å². The fourth-order valence-corrected chi connectivity index (χ4v) is 3.53. The van der Waals surface area contributed by atoms with Gasteiger partial charge in [-0.05, 0) is 53.6 Å². The van der Waals surface area contributed by atoms with Gasteiger partial charge in [0.1, 0.15) is 12.4 Å². The molecule has 0 radical (unpaired) electrons. The Bertz CT molecular complexity index is 985. The highest BCUT2D eigenvalue weighted by Gasteiger charge is 2.19. The summed E-state index contributed by atoms with van der Waals surface area (Å²) in [4.78, 5) is 16.6. The van der Waals surface area contributed by atoms with E-state index in [0.717, 1.165) is 22.3 Å². The molecule has 1 N–H and O–H groups in total. The molecular formula is C20H14Cl2N2O2. The van der Waals surface area contributed by atoms with Gasteiger partial charge in [0.15, 0.2) is 0 Å². The third-order valence-corrected chi connectivity index (χ3v) is 4.63. The second-order valence-electron chi connectivity index (χ2n) is 5.99. The quantitative estimate of drug-likeness (QED) is 0.699. The molecule has 0 atom stereocenters. The maximum absolute atomic E-state index is 12.5.